The van der Waals surface area contributed by atoms with Crippen LogP contribution in [-0.4, -0.2) is 82.0 Å². The summed E-state index contributed by atoms with van der Waals surface area (Å²) in [5, 5.41) is 9.69. The Labute approximate surface area is 192 Å². The molecule has 4 aromatic rings. The van der Waals surface area contributed by atoms with Gasteiger partial charge in [-0.15, -0.1) is 5.10 Å². The third-order valence-corrected chi connectivity index (χ3v) is 6.96. The molecule has 0 saturated carbocycles. The minimum absolute atomic E-state index is 0.317. The number of piperazine rings is 1. The lowest BCUT2D eigenvalue weighted by molar-refractivity contribution is 0.215. The average Bonchev–Trinajstić information content (AvgIpc) is 3.53. The Balaban J connectivity index is 1.31. The first kappa shape index (κ1) is 20.5. The van der Waals surface area contributed by atoms with E-state index in [-0.39, 0.29) is 5.82 Å². The van der Waals surface area contributed by atoms with Gasteiger partial charge in [-0.05, 0) is 50.2 Å². The van der Waals surface area contributed by atoms with Crippen LogP contribution in [0.1, 0.15) is 12.8 Å². The molecule has 0 unspecified atom stereocenters. The van der Waals surface area contributed by atoms with Crippen molar-refractivity contribution in [3.8, 4) is 11.3 Å². The van der Waals surface area contributed by atoms with Crippen molar-refractivity contribution in [2.75, 3.05) is 57.3 Å². The van der Waals surface area contributed by atoms with E-state index in [1.165, 1.54) is 38.5 Å². The smallest absolute Gasteiger partial charge is 0.186 e. The topological polar surface area (TPSA) is 52.8 Å². The van der Waals surface area contributed by atoms with Crippen molar-refractivity contribution in [2.24, 2.45) is 0 Å². The van der Waals surface area contributed by atoms with Crippen LogP contribution in [0.4, 0.5) is 10.2 Å². The summed E-state index contributed by atoms with van der Waals surface area (Å²) in [6.45, 7) is 8.68. The first-order valence-electron chi connectivity index (χ1n) is 11.9. The first-order chi connectivity index (χ1) is 16.3. The number of fused-ring (bicyclic) bond motifs is 3. The predicted molar refractivity (Wildman–Crippen MR) is 128 cm³/mol. The molecule has 0 N–H and O–H groups in total. The van der Waals surface area contributed by atoms with Gasteiger partial charge >= 0.3 is 0 Å². The molecule has 4 heterocycles. The molecule has 2 aliphatic rings. The molecule has 8 heteroatoms. The van der Waals surface area contributed by atoms with Gasteiger partial charge in [-0.1, -0.05) is 29.5 Å². The van der Waals surface area contributed by atoms with E-state index in [9.17, 15) is 4.39 Å². The fourth-order valence-corrected chi connectivity index (χ4v) is 5.09. The molecule has 2 aliphatic heterocycles. The fourth-order valence-electron chi connectivity index (χ4n) is 5.09. The van der Waals surface area contributed by atoms with Gasteiger partial charge in [0.05, 0.1) is 5.52 Å². The van der Waals surface area contributed by atoms with Crippen LogP contribution in [-0.2, 0) is 0 Å². The molecule has 0 amide bonds. The highest BCUT2D eigenvalue weighted by atomic mass is 19.1. The second-order valence-corrected chi connectivity index (χ2v) is 8.98. The van der Waals surface area contributed by atoms with E-state index in [1.54, 1.807) is 16.6 Å². The number of aromatic nitrogens is 4. The molecule has 2 aromatic carbocycles. The number of anilines is 1. The molecule has 170 valence electrons. The van der Waals surface area contributed by atoms with Gasteiger partial charge in [0.25, 0.3) is 0 Å². The molecule has 6 rings (SSSR count). The zero-order chi connectivity index (χ0) is 22.2. The fraction of sp³-hybridized carbons (Fsp3) is 0.400. The van der Waals surface area contributed by atoms with Gasteiger partial charge in [0, 0.05) is 50.2 Å². The van der Waals surface area contributed by atoms with E-state index in [0.29, 0.717) is 16.9 Å². The highest BCUT2D eigenvalue weighted by Crippen LogP contribution is 2.31. The second kappa shape index (κ2) is 8.68. The minimum Gasteiger partial charge on any atom is -0.353 e. The summed E-state index contributed by atoms with van der Waals surface area (Å²) in [5.41, 5.74) is 2.42. The molecule has 33 heavy (non-hydrogen) atoms. The number of hydrogen-bond donors (Lipinski definition) is 0. The number of nitrogens with zero attached hydrogens (tertiary/aromatic N) is 7. The highest BCUT2D eigenvalue weighted by Gasteiger charge is 2.24. The predicted octanol–water partition coefficient (Wildman–Crippen LogP) is 3.30. The Morgan fingerprint density at radius 1 is 0.788 bits per heavy atom. The van der Waals surface area contributed by atoms with Gasteiger partial charge in [0.2, 0.25) is 0 Å². The molecule has 7 nitrogen and oxygen atoms in total. The third kappa shape index (κ3) is 3.83. The van der Waals surface area contributed by atoms with Gasteiger partial charge in [-0.3, -0.25) is 4.90 Å². The highest BCUT2D eigenvalue weighted by molar-refractivity contribution is 5.93. The summed E-state index contributed by atoms with van der Waals surface area (Å²) in [4.78, 5) is 12.5. The van der Waals surface area contributed by atoms with E-state index in [4.69, 9.17) is 4.98 Å². The van der Waals surface area contributed by atoms with Crippen molar-refractivity contribution in [3.05, 3.63) is 54.3 Å². The summed E-state index contributed by atoms with van der Waals surface area (Å²) < 4.78 is 16.3. The lowest BCUT2D eigenvalue weighted by atomic mass is 10.1. The Hall–Kier alpha value is -3.10. The van der Waals surface area contributed by atoms with Crippen LogP contribution in [0, 0.1) is 5.82 Å². The second-order valence-electron chi connectivity index (χ2n) is 8.98. The van der Waals surface area contributed by atoms with E-state index in [0.717, 1.165) is 49.4 Å². The van der Waals surface area contributed by atoms with Crippen LogP contribution in [0.3, 0.4) is 0 Å². The number of halogens is 1. The number of likely N-dealkylation sites (tertiary alicyclic amines) is 1. The molecule has 0 bridgehead atoms. The number of benzene rings is 2. The van der Waals surface area contributed by atoms with Crippen LogP contribution in [0.25, 0.3) is 27.8 Å². The van der Waals surface area contributed by atoms with E-state index >= 15 is 0 Å². The van der Waals surface area contributed by atoms with Crippen LogP contribution >= 0.6 is 0 Å². The average molecular weight is 446 g/mol. The van der Waals surface area contributed by atoms with Crippen LogP contribution in [0.2, 0.25) is 0 Å². The van der Waals surface area contributed by atoms with Crippen molar-refractivity contribution in [1.82, 2.24) is 29.6 Å². The molecule has 2 fully saturated rings. The van der Waals surface area contributed by atoms with Gasteiger partial charge in [0.1, 0.15) is 17.3 Å². The number of hydrogen-bond acceptors (Lipinski definition) is 6. The number of para-hydroxylation sites is 1. The molecule has 2 saturated heterocycles. The van der Waals surface area contributed by atoms with Crippen molar-refractivity contribution in [2.45, 2.75) is 12.8 Å². The molecular formula is C25H28FN7. The maximum Gasteiger partial charge on any atom is 0.186 e. The summed E-state index contributed by atoms with van der Waals surface area (Å²) >= 11 is 0. The normalized spacial score (nSPS) is 18.0. The summed E-state index contributed by atoms with van der Waals surface area (Å²) in [5.74, 6) is 0.611. The Kier molecular flexibility index (Phi) is 5.39. The maximum absolute atomic E-state index is 14.6. The van der Waals surface area contributed by atoms with Gasteiger partial charge in [-0.25, -0.2) is 9.37 Å². The summed E-state index contributed by atoms with van der Waals surface area (Å²) in [6.07, 6.45) is 2.68. The minimum atomic E-state index is -0.317. The molecule has 0 aliphatic carbocycles. The summed E-state index contributed by atoms with van der Waals surface area (Å²) in [7, 11) is 0. The zero-order valence-corrected chi connectivity index (χ0v) is 18.7. The quantitative estimate of drug-likeness (QED) is 0.470. The van der Waals surface area contributed by atoms with Gasteiger partial charge in [-0.2, -0.15) is 4.52 Å². The van der Waals surface area contributed by atoms with Gasteiger partial charge < -0.3 is 9.80 Å². The maximum atomic E-state index is 14.6. The van der Waals surface area contributed by atoms with Crippen molar-refractivity contribution >= 4 is 22.4 Å². The van der Waals surface area contributed by atoms with Crippen LogP contribution in [0.5, 0.6) is 0 Å². The molecule has 0 radical (unpaired) electrons. The van der Waals surface area contributed by atoms with Crippen LogP contribution < -0.4 is 4.90 Å². The van der Waals surface area contributed by atoms with E-state index in [1.807, 2.05) is 24.3 Å². The Morgan fingerprint density at radius 3 is 2.27 bits per heavy atom. The standard InChI is InChI=1S/C25H28FN7/c26-21-9-3-1-7-19(21)23-25-27-24(20-8-2-4-10-22(20)33(25)29-28-23)32-17-15-31(16-18-32)14-13-30-11-5-6-12-30/h1-4,7-10H,5-6,11-18H2. The van der Waals surface area contributed by atoms with E-state index < -0.39 is 0 Å². The van der Waals surface area contributed by atoms with E-state index in [2.05, 4.69) is 31.1 Å². The van der Waals surface area contributed by atoms with Crippen molar-refractivity contribution in [1.29, 1.82) is 0 Å². The molecule has 2 aromatic heterocycles. The molecular weight excluding hydrogens is 417 g/mol. The monoisotopic (exact) mass is 445 g/mol. The summed E-state index contributed by atoms with van der Waals surface area (Å²) in [6, 6.07) is 14.8. The third-order valence-electron chi connectivity index (χ3n) is 6.96. The lowest BCUT2D eigenvalue weighted by Crippen LogP contribution is -2.48. The lowest BCUT2D eigenvalue weighted by Gasteiger charge is -2.36. The number of rotatable bonds is 5. The largest absolute Gasteiger partial charge is 0.353 e. The van der Waals surface area contributed by atoms with Crippen LogP contribution in [0.15, 0.2) is 48.5 Å². The molecule has 0 spiro atoms. The van der Waals surface area contributed by atoms with Crippen molar-refractivity contribution in [3.63, 3.8) is 0 Å². The first-order valence-corrected chi connectivity index (χ1v) is 11.9. The Bertz CT molecular complexity index is 1270. The zero-order valence-electron chi connectivity index (χ0n) is 18.7. The molecule has 0 atom stereocenters. The van der Waals surface area contributed by atoms with Gasteiger partial charge in [0.15, 0.2) is 5.65 Å². The Morgan fingerprint density at radius 2 is 1.48 bits per heavy atom. The van der Waals surface area contributed by atoms with Crippen molar-refractivity contribution < 1.29 is 4.39 Å². The SMILES string of the molecule is Fc1ccccc1-c1nnn2c1nc(N1CCN(CCN3CCCC3)CC1)c1ccccc12.